The number of hydrogen-bond donors (Lipinski definition) is 2. The fourth-order valence-electron chi connectivity index (χ4n) is 1.70. The van der Waals surface area contributed by atoms with Crippen LogP contribution in [-0.2, 0) is 0 Å². The molecule has 5 heteroatoms. The fraction of sp³-hybridized carbons (Fsp3) is 0.0625. The summed E-state index contributed by atoms with van der Waals surface area (Å²) in [5, 5.41) is 2.85. The van der Waals surface area contributed by atoms with E-state index in [4.69, 9.17) is 17.3 Å². The number of amides is 1. The topological polar surface area (TPSA) is 55.1 Å². The first-order valence-electron chi connectivity index (χ1n) is 6.15. The molecule has 0 aliphatic heterocycles. The molecule has 3 N–H and O–H groups in total. The molecule has 0 unspecified atom stereocenters. The van der Waals surface area contributed by atoms with Crippen molar-refractivity contribution >= 4 is 23.2 Å². The maximum Gasteiger partial charge on any atom is 0.258 e. The molecule has 0 saturated carbocycles. The van der Waals surface area contributed by atoms with Crippen LogP contribution >= 0.6 is 11.6 Å². The molecule has 0 aliphatic carbocycles. The van der Waals surface area contributed by atoms with E-state index in [0.29, 0.717) is 5.69 Å². The highest BCUT2D eigenvalue weighted by Gasteiger charge is 2.12. The molecule has 0 radical (unpaired) electrons. The Labute approximate surface area is 126 Å². The Morgan fingerprint density at radius 2 is 2.10 bits per heavy atom. The Morgan fingerprint density at radius 1 is 1.29 bits per heavy atom. The number of anilines is 1. The second-order valence-electron chi connectivity index (χ2n) is 4.16. The Hall–Kier alpha value is -2.35. The van der Waals surface area contributed by atoms with Crippen molar-refractivity contribution in [1.29, 1.82) is 0 Å². The summed E-state index contributed by atoms with van der Waals surface area (Å²) in [5.74, 6) is 4.37. The van der Waals surface area contributed by atoms with E-state index >= 15 is 0 Å². The molecule has 0 spiro atoms. The molecule has 0 fully saturated rings. The molecule has 106 valence electrons. The van der Waals surface area contributed by atoms with Gasteiger partial charge in [-0.3, -0.25) is 4.79 Å². The van der Waals surface area contributed by atoms with Crippen molar-refractivity contribution in [1.82, 2.24) is 0 Å². The number of rotatable bonds is 2. The van der Waals surface area contributed by atoms with Crippen molar-refractivity contribution in [3.05, 3.63) is 64.4 Å². The highest BCUT2D eigenvalue weighted by atomic mass is 35.5. The molecule has 3 nitrogen and oxygen atoms in total. The predicted molar refractivity (Wildman–Crippen MR) is 81.7 cm³/mol. The largest absolute Gasteiger partial charge is 0.322 e. The third-order valence-corrected chi connectivity index (χ3v) is 2.87. The summed E-state index contributed by atoms with van der Waals surface area (Å²) in [6.07, 6.45) is 0. The lowest BCUT2D eigenvalue weighted by Gasteiger charge is -2.06. The summed E-state index contributed by atoms with van der Waals surface area (Å²) in [7, 11) is 0. The molecule has 2 aromatic carbocycles. The minimum absolute atomic E-state index is 0.0714. The number of carbonyl (C=O) groups is 1. The summed E-state index contributed by atoms with van der Waals surface area (Å²) in [6, 6.07) is 10.8. The van der Waals surface area contributed by atoms with Crippen LogP contribution in [0.25, 0.3) is 0 Å². The quantitative estimate of drug-likeness (QED) is 0.838. The van der Waals surface area contributed by atoms with E-state index in [-0.39, 0.29) is 17.1 Å². The summed E-state index contributed by atoms with van der Waals surface area (Å²) in [4.78, 5) is 12.0. The highest BCUT2D eigenvalue weighted by Crippen LogP contribution is 2.17. The first kappa shape index (κ1) is 15.0. The average Bonchev–Trinajstić information content (AvgIpc) is 2.45. The van der Waals surface area contributed by atoms with Gasteiger partial charge < -0.3 is 11.1 Å². The Kier molecular flexibility index (Phi) is 4.94. The van der Waals surface area contributed by atoms with E-state index in [1.54, 1.807) is 24.3 Å². The molecule has 0 bridgehead atoms. The van der Waals surface area contributed by atoms with Gasteiger partial charge in [-0.25, -0.2) is 4.39 Å². The van der Waals surface area contributed by atoms with Crippen LogP contribution in [0.5, 0.6) is 0 Å². The summed E-state index contributed by atoms with van der Waals surface area (Å²) >= 11 is 5.65. The molecule has 0 saturated heterocycles. The van der Waals surface area contributed by atoms with Gasteiger partial charge in [0, 0.05) is 16.3 Å². The lowest BCUT2D eigenvalue weighted by atomic mass is 10.1. The zero-order valence-corrected chi connectivity index (χ0v) is 11.7. The zero-order valence-electron chi connectivity index (χ0n) is 11.0. The summed E-state index contributed by atoms with van der Waals surface area (Å²) in [6.45, 7) is 0.257. The van der Waals surface area contributed by atoms with Crippen LogP contribution in [0.3, 0.4) is 0 Å². The van der Waals surface area contributed by atoms with E-state index in [1.165, 1.54) is 12.1 Å². The van der Waals surface area contributed by atoms with Gasteiger partial charge in [0.25, 0.3) is 5.91 Å². The Morgan fingerprint density at radius 3 is 2.81 bits per heavy atom. The van der Waals surface area contributed by atoms with Crippen molar-refractivity contribution in [2.24, 2.45) is 5.73 Å². The minimum atomic E-state index is -0.668. The maximum absolute atomic E-state index is 13.7. The second kappa shape index (κ2) is 6.89. The Bertz CT molecular complexity index is 735. The van der Waals surface area contributed by atoms with Crippen molar-refractivity contribution in [2.75, 3.05) is 11.9 Å². The number of nitrogens with one attached hydrogen (secondary N) is 1. The number of nitrogens with two attached hydrogens (primary N) is 1. The van der Waals surface area contributed by atoms with Gasteiger partial charge in [0.2, 0.25) is 0 Å². The highest BCUT2D eigenvalue weighted by molar-refractivity contribution is 6.30. The number of hydrogen-bond acceptors (Lipinski definition) is 2. The fourth-order valence-corrected chi connectivity index (χ4v) is 1.86. The van der Waals surface area contributed by atoms with Crippen LogP contribution in [0.1, 0.15) is 15.9 Å². The van der Waals surface area contributed by atoms with E-state index in [0.717, 1.165) is 11.6 Å². The molecular formula is C16H12ClFN2O. The first-order chi connectivity index (χ1) is 10.1. The van der Waals surface area contributed by atoms with E-state index < -0.39 is 11.7 Å². The van der Waals surface area contributed by atoms with Crippen molar-refractivity contribution in [3.8, 4) is 11.8 Å². The van der Waals surface area contributed by atoms with Crippen LogP contribution < -0.4 is 11.1 Å². The molecule has 21 heavy (non-hydrogen) atoms. The van der Waals surface area contributed by atoms with Crippen molar-refractivity contribution in [2.45, 2.75) is 0 Å². The smallest absolute Gasteiger partial charge is 0.258 e. The molecular weight excluding hydrogens is 291 g/mol. The molecule has 0 heterocycles. The van der Waals surface area contributed by atoms with Crippen LogP contribution in [-0.4, -0.2) is 12.5 Å². The van der Waals surface area contributed by atoms with Crippen LogP contribution in [0.2, 0.25) is 5.02 Å². The maximum atomic E-state index is 13.7. The molecule has 1 amide bonds. The Balaban J connectivity index is 2.19. The predicted octanol–water partition coefficient (Wildman–Crippen LogP) is 3.04. The second-order valence-corrected chi connectivity index (χ2v) is 4.60. The van der Waals surface area contributed by atoms with Gasteiger partial charge in [-0.15, -0.1) is 0 Å². The average molecular weight is 303 g/mol. The SMILES string of the molecule is NCC#Cc1cccc(NC(=O)c2ccc(Cl)cc2F)c1. The van der Waals surface area contributed by atoms with Crippen LogP contribution in [0.4, 0.5) is 10.1 Å². The zero-order chi connectivity index (χ0) is 15.2. The third-order valence-electron chi connectivity index (χ3n) is 2.63. The summed E-state index contributed by atoms with van der Waals surface area (Å²) < 4.78 is 13.7. The van der Waals surface area contributed by atoms with Gasteiger partial charge >= 0.3 is 0 Å². The molecule has 0 atom stereocenters. The normalized spacial score (nSPS) is 9.67. The van der Waals surface area contributed by atoms with Gasteiger partial charge in [-0.05, 0) is 36.4 Å². The molecule has 0 aromatic heterocycles. The van der Waals surface area contributed by atoms with Crippen LogP contribution in [0, 0.1) is 17.7 Å². The van der Waals surface area contributed by atoms with E-state index in [1.807, 2.05) is 0 Å². The molecule has 0 aliphatic rings. The van der Waals surface area contributed by atoms with Crippen LogP contribution in [0.15, 0.2) is 42.5 Å². The van der Waals surface area contributed by atoms with E-state index in [9.17, 15) is 9.18 Å². The number of halogens is 2. The lowest BCUT2D eigenvalue weighted by Crippen LogP contribution is -2.13. The minimum Gasteiger partial charge on any atom is -0.322 e. The van der Waals surface area contributed by atoms with E-state index in [2.05, 4.69) is 17.2 Å². The standard InChI is InChI=1S/C16H12ClFN2O/c17-12-6-7-14(15(18)10-12)16(21)20-13-5-1-3-11(9-13)4-2-8-19/h1,3,5-7,9-10H,8,19H2,(H,20,21). The lowest BCUT2D eigenvalue weighted by molar-refractivity contribution is 0.102. The monoisotopic (exact) mass is 302 g/mol. The van der Waals surface area contributed by atoms with Gasteiger partial charge in [0.05, 0.1) is 12.1 Å². The molecule has 2 rings (SSSR count). The van der Waals surface area contributed by atoms with Crippen molar-refractivity contribution < 1.29 is 9.18 Å². The van der Waals surface area contributed by atoms with Gasteiger partial charge in [-0.1, -0.05) is 29.5 Å². The summed E-state index contributed by atoms with van der Waals surface area (Å²) in [5.41, 5.74) is 6.48. The first-order valence-corrected chi connectivity index (χ1v) is 6.53. The van der Waals surface area contributed by atoms with Crippen molar-refractivity contribution in [3.63, 3.8) is 0 Å². The van der Waals surface area contributed by atoms with Gasteiger partial charge in [-0.2, -0.15) is 0 Å². The van der Waals surface area contributed by atoms with Gasteiger partial charge in [0.1, 0.15) is 5.82 Å². The van der Waals surface area contributed by atoms with Gasteiger partial charge in [0.15, 0.2) is 0 Å². The molecule has 2 aromatic rings. The third kappa shape index (κ3) is 4.06. The number of benzene rings is 2. The number of carbonyl (C=O) groups excluding carboxylic acids is 1.